The van der Waals surface area contributed by atoms with Crippen molar-refractivity contribution in [3.63, 3.8) is 0 Å². The number of amides is 1. The van der Waals surface area contributed by atoms with Crippen LogP contribution in [0, 0.1) is 0 Å². The summed E-state index contributed by atoms with van der Waals surface area (Å²) in [5, 5.41) is 6.88. The highest BCUT2D eigenvalue weighted by molar-refractivity contribution is 14.0. The molecule has 1 saturated heterocycles. The average molecular weight is 479 g/mol. The number of likely N-dealkylation sites (tertiary alicyclic amines) is 1. The summed E-state index contributed by atoms with van der Waals surface area (Å²) in [7, 11) is 4.08. The highest BCUT2D eigenvalue weighted by Gasteiger charge is 2.25. The first-order valence-electron chi connectivity index (χ1n) is 10.1. The molecule has 6 nitrogen and oxygen atoms in total. The van der Waals surface area contributed by atoms with Crippen LogP contribution in [0.15, 0.2) is 4.99 Å². The number of hydrogen-bond acceptors (Lipinski definition) is 3. The van der Waals surface area contributed by atoms with Gasteiger partial charge in [-0.1, -0.05) is 26.2 Å². The zero-order valence-electron chi connectivity index (χ0n) is 16.8. The second-order valence-electron chi connectivity index (χ2n) is 7.45. The lowest BCUT2D eigenvalue weighted by Crippen LogP contribution is -2.45. The van der Waals surface area contributed by atoms with Gasteiger partial charge < -0.3 is 20.4 Å². The summed E-state index contributed by atoms with van der Waals surface area (Å²) in [4.78, 5) is 20.6. The van der Waals surface area contributed by atoms with Crippen molar-refractivity contribution < 1.29 is 4.79 Å². The van der Waals surface area contributed by atoms with E-state index >= 15 is 0 Å². The number of nitrogens with zero attached hydrogens (tertiary/aromatic N) is 3. The fourth-order valence-electron chi connectivity index (χ4n) is 3.96. The van der Waals surface area contributed by atoms with Crippen LogP contribution in [0.5, 0.6) is 0 Å². The van der Waals surface area contributed by atoms with Gasteiger partial charge in [0.1, 0.15) is 0 Å². The van der Waals surface area contributed by atoms with Gasteiger partial charge in [0.15, 0.2) is 5.96 Å². The molecule has 26 heavy (non-hydrogen) atoms. The Balaban J connectivity index is 0.00000338. The summed E-state index contributed by atoms with van der Waals surface area (Å²) in [6.07, 6.45) is 9.63. The maximum atomic E-state index is 11.8. The topological polar surface area (TPSA) is 60.0 Å². The normalized spacial score (nSPS) is 21.6. The largest absolute Gasteiger partial charge is 0.356 e. The van der Waals surface area contributed by atoms with Gasteiger partial charge in [0.25, 0.3) is 0 Å². The third kappa shape index (κ3) is 7.58. The molecule has 2 aliphatic rings. The fraction of sp³-hybridized carbons (Fsp3) is 0.895. The second-order valence-corrected chi connectivity index (χ2v) is 7.45. The number of aliphatic imine (C=N–C) groups is 1. The summed E-state index contributed by atoms with van der Waals surface area (Å²) in [5.74, 6) is 1.11. The number of carbonyl (C=O) groups excluding carboxylic acids is 1. The van der Waals surface area contributed by atoms with E-state index in [2.05, 4.69) is 27.6 Å². The fourth-order valence-corrected chi connectivity index (χ4v) is 3.96. The highest BCUT2D eigenvalue weighted by atomic mass is 127. The smallest absolute Gasteiger partial charge is 0.222 e. The van der Waals surface area contributed by atoms with Gasteiger partial charge in [-0.3, -0.25) is 9.79 Å². The number of halogens is 1. The van der Waals surface area contributed by atoms with Gasteiger partial charge in [-0.2, -0.15) is 0 Å². The molecule has 0 bridgehead atoms. The maximum Gasteiger partial charge on any atom is 0.222 e. The average Bonchev–Trinajstić information content (AvgIpc) is 3.12. The minimum atomic E-state index is 0. The van der Waals surface area contributed by atoms with Crippen molar-refractivity contribution in [2.24, 2.45) is 4.99 Å². The van der Waals surface area contributed by atoms with Crippen molar-refractivity contribution in [3.8, 4) is 0 Å². The molecule has 0 aromatic heterocycles. The minimum absolute atomic E-state index is 0. The monoisotopic (exact) mass is 479 g/mol. The Labute approximate surface area is 176 Å². The first kappa shape index (κ1) is 23.5. The van der Waals surface area contributed by atoms with Gasteiger partial charge in [0.05, 0.1) is 0 Å². The van der Waals surface area contributed by atoms with Gasteiger partial charge in [-0.05, 0) is 39.3 Å². The maximum absolute atomic E-state index is 11.8. The summed E-state index contributed by atoms with van der Waals surface area (Å²) in [6, 6.07) is 1.10. The Hall–Kier alpha value is -0.570. The predicted molar refractivity (Wildman–Crippen MR) is 119 cm³/mol. The molecule has 1 amide bonds. The van der Waals surface area contributed by atoms with Gasteiger partial charge in [0, 0.05) is 45.2 Å². The first-order chi connectivity index (χ1) is 12.1. The summed E-state index contributed by atoms with van der Waals surface area (Å²) >= 11 is 0. The van der Waals surface area contributed by atoms with E-state index in [1.165, 1.54) is 32.1 Å². The lowest BCUT2D eigenvalue weighted by Gasteiger charge is -2.31. The van der Waals surface area contributed by atoms with E-state index < -0.39 is 0 Å². The molecule has 0 aromatic rings. The quantitative estimate of drug-likeness (QED) is 0.255. The van der Waals surface area contributed by atoms with Gasteiger partial charge in [-0.15, -0.1) is 24.0 Å². The number of hydrogen-bond donors (Lipinski definition) is 2. The lowest BCUT2D eigenvalue weighted by molar-refractivity contribution is -0.129. The van der Waals surface area contributed by atoms with Gasteiger partial charge in [0.2, 0.25) is 5.91 Å². The van der Waals surface area contributed by atoms with Crippen LogP contribution < -0.4 is 10.6 Å². The molecular formula is C19H38IN5O. The van der Waals surface area contributed by atoms with E-state index in [4.69, 9.17) is 0 Å². The summed E-state index contributed by atoms with van der Waals surface area (Å²) in [6.45, 7) is 5.64. The van der Waals surface area contributed by atoms with Crippen LogP contribution >= 0.6 is 24.0 Å². The molecule has 1 aliphatic carbocycles. The molecule has 1 saturated carbocycles. The third-order valence-corrected chi connectivity index (χ3v) is 5.59. The van der Waals surface area contributed by atoms with Gasteiger partial charge in [-0.25, -0.2) is 0 Å². The van der Waals surface area contributed by atoms with Crippen LogP contribution in [-0.2, 0) is 4.79 Å². The summed E-state index contributed by atoms with van der Waals surface area (Å²) in [5.41, 5.74) is 0. The molecule has 7 heteroatoms. The Kier molecular flexibility index (Phi) is 11.5. The molecule has 152 valence electrons. The Morgan fingerprint density at radius 2 is 1.96 bits per heavy atom. The molecule has 2 N–H and O–H groups in total. The van der Waals surface area contributed by atoms with Crippen LogP contribution in [0.1, 0.15) is 58.3 Å². The first-order valence-corrected chi connectivity index (χ1v) is 10.1. The van der Waals surface area contributed by atoms with Gasteiger partial charge >= 0.3 is 0 Å². The molecule has 1 aliphatic heterocycles. The Morgan fingerprint density at radius 3 is 2.62 bits per heavy atom. The third-order valence-electron chi connectivity index (χ3n) is 5.59. The van der Waals surface area contributed by atoms with E-state index in [-0.39, 0.29) is 29.9 Å². The van der Waals surface area contributed by atoms with Crippen LogP contribution in [0.3, 0.4) is 0 Å². The molecule has 1 unspecified atom stereocenters. The number of carbonyl (C=O) groups is 1. The molecule has 1 heterocycles. The van der Waals surface area contributed by atoms with Crippen molar-refractivity contribution in [2.45, 2.75) is 70.4 Å². The molecule has 0 aromatic carbocycles. The number of guanidine groups is 1. The van der Waals surface area contributed by atoms with Crippen molar-refractivity contribution in [1.82, 2.24) is 20.4 Å². The molecule has 0 spiro atoms. The highest BCUT2D eigenvalue weighted by Crippen LogP contribution is 2.21. The zero-order valence-corrected chi connectivity index (χ0v) is 19.1. The SMILES string of the molecule is CCC(=O)N1CCC(NC(=NC)NCCCN(C)C2CCCCC2)C1.I. The predicted octanol–water partition coefficient (Wildman–Crippen LogP) is 2.43. The summed E-state index contributed by atoms with van der Waals surface area (Å²) < 4.78 is 0. The second kappa shape index (κ2) is 12.8. The van der Waals surface area contributed by atoms with E-state index in [1.54, 1.807) is 0 Å². The van der Waals surface area contributed by atoms with Crippen LogP contribution in [0.25, 0.3) is 0 Å². The van der Waals surface area contributed by atoms with Crippen molar-refractivity contribution in [3.05, 3.63) is 0 Å². The zero-order chi connectivity index (χ0) is 18.1. The van der Waals surface area contributed by atoms with Crippen LogP contribution in [0.4, 0.5) is 0 Å². The standard InChI is InChI=1S/C19H37N5O.HI/c1-4-18(25)24-14-11-16(15-24)22-19(20-2)21-12-8-13-23(3)17-9-6-5-7-10-17;/h16-17H,4-15H2,1-3H3,(H2,20,21,22);1H. The molecule has 2 rings (SSSR count). The molecular weight excluding hydrogens is 441 g/mol. The number of nitrogens with one attached hydrogen (secondary N) is 2. The van der Waals surface area contributed by atoms with Crippen molar-refractivity contribution >= 4 is 35.8 Å². The van der Waals surface area contributed by atoms with Crippen molar-refractivity contribution in [2.75, 3.05) is 40.3 Å². The lowest BCUT2D eigenvalue weighted by atomic mass is 9.94. The number of rotatable bonds is 7. The van der Waals surface area contributed by atoms with E-state index in [9.17, 15) is 4.79 Å². The van der Waals surface area contributed by atoms with E-state index in [0.29, 0.717) is 12.5 Å². The molecule has 0 radical (unpaired) electrons. The van der Waals surface area contributed by atoms with E-state index in [0.717, 1.165) is 51.0 Å². The minimum Gasteiger partial charge on any atom is -0.356 e. The van der Waals surface area contributed by atoms with Crippen LogP contribution in [-0.4, -0.2) is 74.0 Å². The van der Waals surface area contributed by atoms with Crippen LogP contribution in [0.2, 0.25) is 0 Å². The molecule has 1 atom stereocenters. The Morgan fingerprint density at radius 1 is 1.23 bits per heavy atom. The van der Waals surface area contributed by atoms with Crippen molar-refractivity contribution in [1.29, 1.82) is 0 Å². The Bertz CT molecular complexity index is 440. The van der Waals surface area contributed by atoms with E-state index in [1.807, 2.05) is 18.9 Å². The molecule has 2 fully saturated rings.